The predicted molar refractivity (Wildman–Crippen MR) is 64.4 cm³/mol. The monoisotopic (exact) mass is 242 g/mol. The molecule has 1 aromatic carbocycles. The zero-order valence-electron chi connectivity index (χ0n) is 9.60. The third kappa shape index (κ3) is 2.83. The summed E-state index contributed by atoms with van der Waals surface area (Å²) in [6.45, 7) is 0. The highest BCUT2D eigenvalue weighted by atomic mass is 19.1. The number of hydrogen-bond acceptors (Lipinski definition) is 3. The minimum atomic E-state index is -0.256. The van der Waals surface area contributed by atoms with E-state index in [0.717, 1.165) is 11.3 Å². The molecule has 1 N–H and O–H groups in total. The van der Waals surface area contributed by atoms with Crippen LogP contribution in [0.4, 0.5) is 4.39 Å². The summed E-state index contributed by atoms with van der Waals surface area (Å²) in [7, 11) is 0. The van der Waals surface area contributed by atoms with Crippen molar-refractivity contribution < 1.29 is 9.50 Å². The van der Waals surface area contributed by atoms with Crippen molar-refractivity contribution in [3.05, 3.63) is 59.2 Å². The summed E-state index contributed by atoms with van der Waals surface area (Å²) in [5.41, 5.74) is 1.96. The summed E-state index contributed by atoms with van der Waals surface area (Å²) in [6, 6.07) is 9.75. The molecule has 0 atom stereocenters. The highest BCUT2D eigenvalue weighted by Crippen LogP contribution is 2.16. The van der Waals surface area contributed by atoms with Crippen LogP contribution < -0.4 is 0 Å². The Morgan fingerprint density at radius 3 is 2.61 bits per heavy atom. The van der Waals surface area contributed by atoms with E-state index in [0.29, 0.717) is 12.8 Å². The van der Waals surface area contributed by atoms with Crippen molar-refractivity contribution in [2.24, 2.45) is 0 Å². The quantitative estimate of drug-likeness (QED) is 0.899. The molecule has 0 aliphatic heterocycles. The number of halogens is 1. The van der Waals surface area contributed by atoms with Crippen molar-refractivity contribution in [1.29, 1.82) is 5.26 Å². The molecular formula is C14H11FN2O. The van der Waals surface area contributed by atoms with Crippen LogP contribution >= 0.6 is 0 Å². The van der Waals surface area contributed by atoms with Gasteiger partial charge in [0, 0.05) is 5.69 Å². The zero-order chi connectivity index (χ0) is 13.0. The van der Waals surface area contributed by atoms with Crippen LogP contribution in [0.15, 0.2) is 36.5 Å². The molecule has 0 saturated heterocycles. The van der Waals surface area contributed by atoms with Crippen LogP contribution in [0, 0.1) is 17.1 Å². The number of nitrogens with zero attached hydrogens (tertiary/aromatic N) is 2. The Hall–Kier alpha value is -2.41. The summed E-state index contributed by atoms with van der Waals surface area (Å²) in [5.74, 6) is -0.365. The first-order chi connectivity index (χ1) is 8.69. The van der Waals surface area contributed by atoms with Crippen molar-refractivity contribution in [2.75, 3.05) is 0 Å². The molecule has 0 aliphatic rings. The zero-order valence-corrected chi connectivity index (χ0v) is 9.60. The molecule has 90 valence electrons. The molecule has 0 bridgehead atoms. The Morgan fingerprint density at radius 2 is 1.94 bits per heavy atom. The molecule has 0 radical (unpaired) electrons. The van der Waals surface area contributed by atoms with Gasteiger partial charge in [-0.15, -0.1) is 0 Å². The second-order valence-corrected chi connectivity index (χ2v) is 3.93. The van der Waals surface area contributed by atoms with E-state index in [1.54, 1.807) is 18.2 Å². The van der Waals surface area contributed by atoms with Crippen LogP contribution in [-0.4, -0.2) is 10.1 Å². The maximum absolute atomic E-state index is 12.7. The molecule has 0 fully saturated rings. The summed E-state index contributed by atoms with van der Waals surface area (Å²) in [5, 5.41) is 18.1. The SMILES string of the molecule is N#Cc1cc(CCc2ccc(F)cc2)ncc1O. The first-order valence-corrected chi connectivity index (χ1v) is 5.51. The number of aryl methyl sites for hydroxylation is 2. The van der Waals surface area contributed by atoms with Crippen LogP contribution in [0.5, 0.6) is 5.75 Å². The Labute approximate surface area is 104 Å². The summed E-state index contributed by atoms with van der Waals surface area (Å²) in [6.07, 6.45) is 2.63. The summed E-state index contributed by atoms with van der Waals surface area (Å²) < 4.78 is 12.7. The van der Waals surface area contributed by atoms with Gasteiger partial charge in [-0.25, -0.2) is 4.39 Å². The molecule has 3 nitrogen and oxygen atoms in total. The van der Waals surface area contributed by atoms with Gasteiger partial charge in [-0.3, -0.25) is 4.98 Å². The number of aromatic hydroxyl groups is 1. The largest absolute Gasteiger partial charge is 0.505 e. The van der Waals surface area contributed by atoms with Crippen LogP contribution in [-0.2, 0) is 12.8 Å². The lowest BCUT2D eigenvalue weighted by molar-refractivity contribution is 0.470. The average Bonchev–Trinajstić information content (AvgIpc) is 2.39. The average molecular weight is 242 g/mol. The maximum atomic E-state index is 12.7. The van der Waals surface area contributed by atoms with E-state index in [1.165, 1.54) is 18.3 Å². The number of rotatable bonds is 3. The normalized spacial score (nSPS) is 10.0. The second kappa shape index (κ2) is 5.28. The molecule has 0 amide bonds. The topological polar surface area (TPSA) is 56.9 Å². The Morgan fingerprint density at radius 1 is 1.22 bits per heavy atom. The number of benzene rings is 1. The van der Waals surface area contributed by atoms with Gasteiger partial charge in [0.05, 0.1) is 11.8 Å². The molecule has 0 spiro atoms. The third-order valence-electron chi connectivity index (χ3n) is 2.64. The molecule has 18 heavy (non-hydrogen) atoms. The van der Waals surface area contributed by atoms with Gasteiger partial charge in [-0.05, 0) is 36.6 Å². The van der Waals surface area contributed by atoms with Gasteiger partial charge < -0.3 is 5.11 Å². The Bertz CT molecular complexity index is 588. The molecule has 0 aliphatic carbocycles. The van der Waals surface area contributed by atoms with E-state index in [1.807, 2.05) is 6.07 Å². The third-order valence-corrected chi connectivity index (χ3v) is 2.64. The number of pyridine rings is 1. The lowest BCUT2D eigenvalue weighted by Crippen LogP contribution is -1.95. The minimum Gasteiger partial charge on any atom is -0.505 e. The van der Waals surface area contributed by atoms with E-state index in [-0.39, 0.29) is 17.1 Å². The molecule has 1 aromatic heterocycles. The lowest BCUT2D eigenvalue weighted by Gasteiger charge is -2.03. The maximum Gasteiger partial charge on any atom is 0.151 e. The molecule has 0 unspecified atom stereocenters. The predicted octanol–water partition coefficient (Wildman–Crippen LogP) is 2.58. The highest BCUT2D eigenvalue weighted by molar-refractivity contribution is 5.41. The number of hydrogen-bond donors (Lipinski definition) is 1. The van der Waals surface area contributed by atoms with Gasteiger partial charge in [0.2, 0.25) is 0 Å². The van der Waals surface area contributed by atoms with E-state index in [9.17, 15) is 9.50 Å². The van der Waals surface area contributed by atoms with Gasteiger partial charge in [0.15, 0.2) is 5.75 Å². The second-order valence-electron chi connectivity index (χ2n) is 3.93. The lowest BCUT2D eigenvalue weighted by atomic mass is 10.1. The van der Waals surface area contributed by atoms with Gasteiger partial charge in [-0.2, -0.15) is 5.26 Å². The molecule has 2 aromatic rings. The smallest absolute Gasteiger partial charge is 0.151 e. The van der Waals surface area contributed by atoms with Gasteiger partial charge in [0.25, 0.3) is 0 Å². The molecule has 2 rings (SSSR count). The van der Waals surface area contributed by atoms with Crippen molar-refractivity contribution in [3.8, 4) is 11.8 Å². The summed E-state index contributed by atoms with van der Waals surface area (Å²) in [4.78, 5) is 4.04. The fourth-order valence-electron chi connectivity index (χ4n) is 1.64. The summed E-state index contributed by atoms with van der Waals surface area (Å²) >= 11 is 0. The van der Waals surface area contributed by atoms with Crippen molar-refractivity contribution in [2.45, 2.75) is 12.8 Å². The molecule has 4 heteroatoms. The van der Waals surface area contributed by atoms with Crippen LogP contribution in [0.1, 0.15) is 16.8 Å². The van der Waals surface area contributed by atoms with Crippen molar-refractivity contribution >= 4 is 0 Å². The van der Waals surface area contributed by atoms with Gasteiger partial charge >= 0.3 is 0 Å². The molecular weight excluding hydrogens is 231 g/mol. The fourth-order valence-corrected chi connectivity index (χ4v) is 1.64. The van der Waals surface area contributed by atoms with E-state index >= 15 is 0 Å². The minimum absolute atomic E-state index is 0.108. The number of aromatic nitrogens is 1. The van der Waals surface area contributed by atoms with E-state index in [4.69, 9.17) is 5.26 Å². The van der Waals surface area contributed by atoms with Crippen molar-refractivity contribution in [1.82, 2.24) is 4.98 Å². The number of nitriles is 1. The van der Waals surface area contributed by atoms with Crippen LogP contribution in [0.3, 0.4) is 0 Å². The van der Waals surface area contributed by atoms with E-state index in [2.05, 4.69) is 4.98 Å². The Balaban J connectivity index is 2.06. The standard InChI is InChI=1S/C14H11FN2O/c15-12-4-1-10(2-5-12)3-6-13-7-11(8-16)14(18)9-17-13/h1-2,4-5,7,9,18H,3,6H2. The molecule has 0 saturated carbocycles. The van der Waals surface area contributed by atoms with Gasteiger partial charge in [-0.1, -0.05) is 12.1 Å². The fraction of sp³-hybridized carbons (Fsp3) is 0.143. The van der Waals surface area contributed by atoms with E-state index < -0.39 is 0 Å². The van der Waals surface area contributed by atoms with Crippen LogP contribution in [0.2, 0.25) is 0 Å². The van der Waals surface area contributed by atoms with Crippen LogP contribution in [0.25, 0.3) is 0 Å². The first-order valence-electron chi connectivity index (χ1n) is 5.51. The highest BCUT2D eigenvalue weighted by Gasteiger charge is 2.03. The van der Waals surface area contributed by atoms with Crippen molar-refractivity contribution in [3.63, 3.8) is 0 Å². The van der Waals surface area contributed by atoms with Gasteiger partial charge in [0.1, 0.15) is 11.9 Å². The molecule has 1 heterocycles. The first kappa shape index (κ1) is 12.1. The Kier molecular flexibility index (Phi) is 3.54.